The number of aromatic carboxylic acids is 1. The van der Waals surface area contributed by atoms with Crippen LogP contribution in [0.1, 0.15) is 20.7 Å². The van der Waals surface area contributed by atoms with Crippen LogP contribution in [0.15, 0.2) is 42.7 Å². The summed E-state index contributed by atoms with van der Waals surface area (Å²) in [4.78, 5) is 31.0. The summed E-state index contributed by atoms with van der Waals surface area (Å²) in [6.07, 6.45) is 2.57. The first-order valence-electron chi connectivity index (χ1n) is 7.54. The SMILES string of the molecule is O=C(O)c1cnccc1C(=O)N1CCN(c2ccccc2F)CC1. The average molecular weight is 329 g/mol. The number of rotatable bonds is 3. The molecule has 2 aromatic rings. The number of amides is 1. The standard InChI is InChI=1S/C17H16FN3O3/c18-14-3-1-2-4-15(14)20-7-9-21(10-8-20)16(22)12-5-6-19-11-13(12)17(23)24/h1-6,11H,7-10H2,(H,23,24). The second kappa shape index (κ2) is 6.66. The van der Waals surface area contributed by atoms with E-state index < -0.39 is 5.97 Å². The molecule has 1 N–H and O–H groups in total. The van der Waals surface area contributed by atoms with E-state index in [9.17, 15) is 19.1 Å². The van der Waals surface area contributed by atoms with Gasteiger partial charge in [0, 0.05) is 38.6 Å². The quantitative estimate of drug-likeness (QED) is 0.931. The van der Waals surface area contributed by atoms with Gasteiger partial charge in [0.15, 0.2) is 0 Å². The van der Waals surface area contributed by atoms with Crippen LogP contribution in [0.3, 0.4) is 0 Å². The zero-order valence-electron chi connectivity index (χ0n) is 12.9. The van der Waals surface area contributed by atoms with Crippen molar-refractivity contribution in [2.45, 2.75) is 0 Å². The van der Waals surface area contributed by atoms with Crippen LogP contribution >= 0.6 is 0 Å². The largest absolute Gasteiger partial charge is 0.478 e. The minimum atomic E-state index is -1.18. The maximum absolute atomic E-state index is 13.8. The molecule has 1 aromatic heterocycles. The van der Waals surface area contributed by atoms with Gasteiger partial charge in [0.2, 0.25) is 0 Å². The lowest BCUT2D eigenvalue weighted by Gasteiger charge is -2.36. The Hall–Kier alpha value is -2.96. The van der Waals surface area contributed by atoms with Crippen LogP contribution in [0.25, 0.3) is 0 Å². The fourth-order valence-corrected chi connectivity index (χ4v) is 2.78. The number of hydrogen-bond acceptors (Lipinski definition) is 4. The lowest BCUT2D eigenvalue weighted by atomic mass is 10.1. The molecule has 1 aliphatic rings. The van der Waals surface area contributed by atoms with Crippen molar-refractivity contribution in [3.63, 3.8) is 0 Å². The number of para-hydroxylation sites is 1. The molecule has 24 heavy (non-hydrogen) atoms. The maximum Gasteiger partial charge on any atom is 0.338 e. The molecular weight excluding hydrogens is 313 g/mol. The molecule has 1 aromatic carbocycles. The maximum atomic E-state index is 13.8. The lowest BCUT2D eigenvalue weighted by Crippen LogP contribution is -2.49. The van der Waals surface area contributed by atoms with Crippen LogP contribution in [-0.4, -0.2) is 53.0 Å². The number of piperazine rings is 1. The first-order chi connectivity index (χ1) is 11.6. The van der Waals surface area contributed by atoms with E-state index in [0.29, 0.717) is 31.9 Å². The number of pyridine rings is 1. The topological polar surface area (TPSA) is 73.7 Å². The van der Waals surface area contributed by atoms with E-state index in [4.69, 9.17) is 0 Å². The molecule has 0 saturated carbocycles. The summed E-state index contributed by atoms with van der Waals surface area (Å²) >= 11 is 0. The fourth-order valence-electron chi connectivity index (χ4n) is 2.78. The Morgan fingerprint density at radius 1 is 1.04 bits per heavy atom. The van der Waals surface area contributed by atoms with Crippen LogP contribution in [0.4, 0.5) is 10.1 Å². The first kappa shape index (κ1) is 15.9. The number of carboxylic acids is 1. The van der Waals surface area contributed by atoms with Crippen molar-refractivity contribution in [2.75, 3.05) is 31.1 Å². The zero-order valence-corrected chi connectivity index (χ0v) is 12.9. The van der Waals surface area contributed by atoms with Crippen molar-refractivity contribution >= 4 is 17.6 Å². The van der Waals surface area contributed by atoms with Gasteiger partial charge < -0.3 is 14.9 Å². The number of aromatic nitrogens is 1. The molecule has 2 heterocycles. The van der Waals surface area contributed by atoms with Crippen molar-refractivity contribution in [2.24, 2.45) is 0 Å². The number of hydrogen-bond donors (Lipinski definition) is 1. The lowest BCUT2D eigenvalue weighted by molar-refractivity contribution is 0.0672. The molecule has 1 saturated heterocycles. The third-order valence-electron chi connectivity index (χ3n) is 4.04. The van der Waals surface area contributed by atoms with Gasteiger partial charge in [0.05, 0.1) is 16.8 Å². The number of carbonyl (C=O) groups excluding carboxylic acids is 1. The molecule has 1 aliphatic heterocycles. The number of nitrogens with zero attached hydrogens (tertiary/aromatic N) is 3. The minimum absolute atomic E-state index is 0.112. The molecule has 6 nitrogen and oxygen atoms in total. The van der Waals surface area contributed by atoms with Crippen molar-refractivity contribution in [1.82, 2.24) is 9.88 Å². The fraction of sp³-hybridized carbons (Fsp3) is 0.235. The van der Waals surface area contributed by atoms with E-state index in [1.807, 2.05) is 4.90 Å². The van der Waals surface area contributed by atoms with Crippen LogP contribution in [0.5, 0.6) is 0 Å². The highest BCUT2D eigenvalue weighted by atomic mass is 19.1. The van der Waals surface area contributed by atoms with Gasteiger partial charge in [0.25, 0.3) is 5.91 Å². The smallest absolute Gasteiger partial charge is 0.338 e. The van der Waals surface area contributed by atoms with E-state index in [1.165, 1.54) is 24.5 Å². The summed E-state index contributed by atoms with van der Waals surface area (Å²) in [6.45, 7) is 1.77. The number of carbonyl (C=O) groups is 2. The second-order valence-electron chi connectivity index (χ2n) is 5.46. The Morgan fingerprint density at radius 3 is 2.42 bits per heavy atom. The van der Waals surface area contributed by atoms with Gasteiger partial charge in [0.1, 0.15) is 5.82 Å². The van der Waals surface area contributed by atoms with Gasteiger partial charge in [-0.05, 0) is 18.2 Å². The van der Waals surface area contributed by atoms with Crippen LogP contribution in [0.2, 0.25) is 0 Å². The number of carboxylic acid groups (broad SMARTS) is 1. The normalized spacial score (nSPS) is 14.5. The van der Waals surface area contributed by atoms with E-state index in [0.717, 1.165) is 0 Å². The third kappa shape index (κ3) is 3.05. The van der Waals surface area contributed by atoms with Crippen molar-refractivity contribution < 1.29 is 19.1 Å². The number of anilines is 1. The van der Waals surface area contributed by atoms with Crippen LogP contribution in [0, 0.1) is 5.82 Å². The van der Waals surface area contributed by atoms with Gasteiger partial charge in [-0.25, -0.2) is 9.18 Å². The van der Waals surface area contributed by atoms with Gasteiger partial charge in [-0.2, -0.15) is 0 Å². The van der Waals surface area contributed by atoms with Crippen LogP contribution in [-0.2, 0) is 0 Å². The van der Waals surface area contributed by atoms with E-state index >= 15 is 0 Å². The van der Waals surface area contributed by atoms with Crippen molar-refractivity contribution in [3.8, 4) is 0 Å². The Morgan fingerprint density at radius 2 is 1.75 bits per heavy atom. The molecule has 0 bridgehead atoms. The average Bonchev–Trinajstić information content (AvgIpc) is 2.62. The summed E-state index contributed by atoms with van der Waals surface area (Å²) in [7, 11) is 0. The Labute approximate surface area is 138 Å². The summed E-state index contributed by atoms with van der Waals surface area (Å²) < 4.78 is 13.8. The predicted octanol–water partition coefficient (Wildman–Crippen LogP) is 1.88. The van der Waals surface area contributed by atoms with Gasteiger partial charge in [-0.15, -0.1) is 0 Å². The Bertz CT molecular complexity index is 773. The highest BCUT2D eigenvalue weighted by Crippen LogP contribution is 2.21. The molecule has 1 amide bonds. The second-order valence-corrected chi connectivity index (χ2v) is 5.46. The molecular formula is C17H16FN3O3. The molecule has 0 radical (unpaired) electrons. The number of benzene rings is 1. The van der Waals surface area contributed by atoms with Crippen molar-refractivity contribution in [1.29, 1.82) is 0 Å². The molecule has 0 unspecified atom stereocenters. The van der Waals surface area contributed by atoms with Gasteiger partial charge in [-0.3, -0.25) is 9.78 Å². The van der Waals surface area contributed by atoms with Crippen molar-refractivity contribution in [3.05, 3.63) is 59.7 Å². The van der Waals surface area contributed by atoms with E-state index in [2.05, 4.69) is 4.98 Å². The molecule has 0 atom stereocenters. The van der Waals surface area contributed by atoms with Gasteiger partial charge in [-0.1, -0.05) is 12.1 Å². The summed E-state index contributed by atoms with van der Waals surface area (Å²) in [5.41, 5.74) is 0.524. The highest BCUT2D eigenvalue weighted by Gasteiger charge is 2.26. The molecule has 0 spiro atoms. The van der Waals surface area contributed by atoms with Crippen LogP contribution < -0.4 is 4.90 Å². The minimum Gasteiger partial charge on any atom is -0.478 e. The Kier molecular flexibility index (Phi) is 4.41. The predicted molar refractivity (Wildman–Crippen MR) is 85.7 cm³/mol. The molecule has 3 rings (SSSR count). The highest BCUT2D eigenvalue weighted by molar-refractivity contribution is 6.04. The molecule has 7 heteroatoms. The monoisotopic (exact) mass is 329 g/mol. The summed E-state index contributed by atoms with van der Waals surface area (Å²) in [5.74, 6) is -1.82. The molecule has 124 valence electrons. The summed E-state index contributed by atoms with van der Waals surface area (Å²) in [5, 5.41) is 9.17. The van der Waals surface area contributed by atoms with Gasteiger partial charge >= 0.3 is 5.97 Å². The third-order valence-corrected chi connectivity index (χ3v) is 4.04. The Balaban J connectivity index is 1.72. The summed E-state index contributed by atoms with van der Waals surface area (Å²) in [6, 6.07) is 7.93. The molecule has 0 aliphatic carbocycles. The van der Waals surface area contributed by atoms with E-state index in [-0.39, 0.29) is 22.9 Å². The van der Waals surface area contributed by atoms with E-state index in [1.54, 1.807) is 23.1 Å². The first-order valence-corrected chi connectivity index (χ1v) is 7.54. The molecule has 1 fully saturated rings. The number of halogens is 1. The zero-order chi connectivity index (χ0) is 17.1.